The first-order valence-electron chi connectivity index (χ1n) is 5.35. The van der Waals surface area contributed by atoms with Crippen LogP contribution < -0.4 is 0 Å². The lowest BCUT2D eigenvalue weighted by atomic mass is 10.1. The van der Waals surface area contributed by atoms with Crippen LogP contribution in [-0.2, 0) is 13.0 Å². The fourth-order valence-electron chi connectivity index (χ4n) is 1.53. The number of aromatic nitrogens is 3. The highest BCUT2D eigenvalue weighted by Crippen LogP contribution is 2.08. The third-order valence-corrected chi connectivity index (χ3v) is 2.40. The monoisotopic (exact) mass is 233 g/mol. The molecule has 0 fully saturated rings. The topological polar surface area (TPSA) is 47.8 Å². The first-order chi connectivity index (χ1) is 8.20. The standard InChI is InChI=1S/C12H12FN3O/c1-2-16-8-9(7-15-16)6-11(17)12-10(13)4-3-5-14-12/h3-5,7-8H,2,6H2,1H3. The summed E-state index contributed by atoms with van der Waals surface area (Å²) in [4.78, 5) is 15.5. The minimum Gasteiger partial charge on any atom is -0.292 e. The number of aryl methyl sites for hydroxylation is 1. The highest BCUT2D eigenvalue weighted by molar-refractivity contribution is 5.95. The van der Waals surface area contributed by atoms with Crippen molar-refractivity contribution in [3.05, 3.63) is 47.8 Å². The van der Waals surface area contributed by atoms with Gasteiger partial charge in [-0.1, -0.05) is 0 Å². The van der Waals surface area contributed by atoms with Crippen LogP contribution in [0.25, 0.3) is 0 Å². The minimum atomic E-state index is -0.583. The number of hydrogen-bond donors (Lipinski definition) is 0. The number of hydrogen-bond acceptors (Lipinski definition) is 3. The summed E-state index contributed by atoms with van der Waals surface area (Å²) in [5.74, 6) is -0.917. The molecule has 0 bridgehead atoms. The van der Waals surface area contributed by atoms with Crippen LogP contribution in [0.3, 0.4) is 0 Å². The summed E-state index contributed by atoms with van der Waals surface area (Å²) in [5, 5.41) is 4.05. The molecule has 0 unspecified atom stereocenters. The molecule has 0 saturated carbocycles. The van der Waals surface area contributed by atoms with E-state index >= 15 is 0 Å². The number of pyridine rings is 1. The van der Waals surface area contributed by atoms with Crippen LogP contribution >= 0.6 is 0 Å². The molecule has 88 valence electrons. The molecule has 0 radical (unpaired) electrons. The van der Waals surface area contributed by atoms with Gasteiger partial charge in [-0.25, -0.2) is 4.39 Å². The molecule has 0 atom stereocenters. The third kappa shape index (κ3) is 2.55. The zero-order chi connectivity index (χ0) is 12.3. The van der Waals surface area contributed by atoms with Crippen LogP contribution in [0.4, 0.5) is 4.39 Å². The number of halogens is 1. The van der Waals surface area contributed by atoms with Gasteiger partial charge in [0.15, 0.2) is 11.6 Å². The summed E-state index contributed by atoms with van der Waals surface area (Å²) >= 11 is 0. The van der Waals surface area contributed by atoms with E-state index in [1.165, 1.54) is 18.3 Å². The van der Waals surface area contributed by atoms with Crippen LogP contribution in [-0.4, -0.2) is 20.5 Å². The average molecular weight is 233 g/mol. The molecule has 2 aromatic heterocycles. The van der Waals surface area contributed by atoms with Crippen molar-refractivity contribution < 1.29 is 9.18 Å². The molecule has 2 heterocycles. The second kappa shape index (κ2) is 4.86. The molecule has 2 aromatic rings. The van der Waals surface area contributed by atoms with E-state index in [0.29, 0.717) is 0 Å². The summed E-state index contributed by atoms with van der Waals surface area (Å²) in [6.07, 6.45) is 4.92. The number of ketones is 1. The van der Waals surface area contributed by atoms with Gasteiger partial charge in [-0.05, 0) is 24.6 Å². The maximum atomic E-state index is 13.3. The quantitative estimate of drug-likeness (QED) is 0.757. The van der Waals surface area contributed by atoms with Crippen LogP contribution in [0.15, 0.2) is 30.7 Å². The van der Waals surface area contributed by atoms with E-state index in [1.807, 2.05) is 6.92 Å². The Labute approximate surface area is 98.1 Å². The zero-order valence-electron chi connectivity index (χ0n) is 9.43. The second-order valence-corrected chi connectivity index (χ2v) is 3.64. The average Bonchev–Trinajstić information content (AvgIpc) is 2.77. The maximum Gasteiger partial charge on any atom is 0.188 e. The molecule has 0 saturated heterocycles. The zero-order valence-corrected chi connectivity index (χ0v) is 9.43. The van der Waals surface area contributed by atoms with Gasteiger partial charge < -0.3 is 0 Å². The van der Waals surface area contributed by atoms with Crippen molar-refractivity contribution in [3.8, 4) is 0 Å². The molecule has 0 aliphatic carbocycles. The van der Waals surface area contributed by atoms with Gasteiger partial charge in [-0.2, -0.15) is 5.10 Å². The predicted octanol–water partition coefficient (Wildman–Crippen LogP) is 1.86. The lowest BCUT2D eigenvalue weighted by Gasteiger charge is -1.99. The highest BCUT2D eigenvalue weighted by atomic mass is 19.1. The van der Waals surface area contributed by atoms with Crippen LogP contribution in [0.2, 0.25) is 0 Å². The van der Waals surface area contributed by atoms with E-state index in [4.69, 9.17) is 0 Å². The smallest absolute Gasteiger partial charge is 0.188 e. The van der Waals surface area contributed by atoms with Crippen LogP contribution in [0, 0.1) is 5.82 Å². The van der Waals surface area contributed by atoms with Crippen molar-refractivity contribution >= 4 is 5.78 Å². The molecule has 0 amide bonds. The molecular formula is C12H12FN3O. The Balaban J connectivity index is 2.14. The molecule has 0 N–H and O–H groups in total. The Morgan fingerprint density at radius 3 is 3.00 bits per heavy atom. The molecular weight excluding hydrogens is 221 g/mol. The van der Waals surface area contributed by atoms with Gasteiger partial charge in [-0.3, -0.25) is 14.5 Å². The lowest BCUT2D eigenvalue weighted by molar-refractivity contribution is 0.0984. The van der Waals surface area contributed by atoms with Crippen LogP contribution in [0.1, 0.15) is 23.0 Å². The van der Waals surface area contributed by atoms with E-state index in [9.17, 15) is 9.18 Å². The van der Waals surface area contributed by atoms with Gasteiger partial charge in [-0.15, -0.1) is 0 Å². The van der Waals surface area contributed by atoms with Crippen LogP contribution in [0.5, 0.6) is 0 Å². The van der Waals surface area contributed by atoms with Crippen molar-refractivity contribution in [1.29, 1.82) is 0 Å². The highest BCUT2D eigenvalue weighted by Gasteiger charge is 2.14. The third-order valence-electron chi connectivity index (χ3n) is 2.40. The fraction of sp³-hybridized carbons (Fsp3) is 0.250. The van der Waals surface area contributed by atoms with E-state index in [2.05, 4.69) is 10.1 Å². The first kappa shape index (κ1) is 11.4. The Morgan fingerprint density at radius 1 is 1.53 bits per heavy atom. The minimum absolute atomic E-state index is 0.114. The molecule has 0 aliphatic heterocycles. The fourth-order valence-corrected chi connectivity index (χ4v) is 1.53. The predicted molar refractivity (Wildman–Crippen MR) is 60.1 cm³/mol. The van der Waals surface area contributed by atoms with Gasteiger partial charge in [0.2, 0.25) is 0 Å². The van der Waals surface area contributed by atoms with E-state index in [0.717, 1.165) is 12.1 Å². The van der Waals surface area contributed by atoms with Gasteiger partial charge in [0, 0.05) is 25.4 Å². The number of rotatable bonds is 4. The van der Waals surface area contributed by atoms with E-state index in [1.54, 1.807) is 17.1 Å². The van der Waals surface area contributed by atoms with Crippen molar-refractivity contribution in [1.82, 2.24) is 14.8 Å². The van der Waals surface area contributed by atoms with Gasteiger partial charge >= 0.3 is 0 Å². The molecule has 4 nitrogen and oxygen atoms in total. The Bertz CT molecular complexity index is 536. The van der Waals surface area contributed by atoms with Crippen molar-refractivity contribution in [3.63, 3.8) is 0 Å². The summed E-state index contributed by atoms with van der Waals surface area (Å²) in [6.45, 7) is 2.70. The van der Waals surface area contributed by atoms with Crippen molar-refractivity contribution in [2.24, 2.45) is 0 Å². The summed E-state index contributed by atoms with van der Waals surface area (Å²) < 4.78 is 15.0. The van der Waals surface area contributed by atoms with Gasteiger partial charge in [0.25, 0.3) is 0 Å². The Kier molecular flexibility index (Phi) is 3.27. The molecule has 0 aliphatic rings. The number of carbonyl (C=O) groups excluding carboxylic acids is 1. The van der Waals surface area contributed by atoms with Gasteiger partial charge in [0.1, 0.15) is 5.69 Å². The molecule has 0 spiro atoms. The molecule has 17 heavy (non-hydrogen) atoms. The molecule has 5 heteroatoms. The first-order valence-corrected chi connectivity index (χ1v) is 5.35. The number of nitrogens with zero attached hydrogens (tertiary/aromatic N) is 3. The van der Waals surface area contributed by atoms with Gasteiger partial charge in [0.05, 0.1) is 6.20 Å². The number of Topliss-reactive ketones (excluding diaryl/α,β-unsaturated/α-hetero) is 1. The second-order valence-electron chi connectivity index (χ2n) is 3.64. The summed E-state index contributed by atoms with van der Waals surface area (Å²) in [5.41, 5.74) is 0.652. The summed E-state index contributed by atoms with van der Waals surface area (Å²) in [7, 11) is 0. The SMILES string of the molecule is CCn1cc(CC(=O)c2ncccc2F)cn1. The van der Waals surface area contributed by atoms with Crippen molar-refractivity contribution in [2.45, 2.75) is 19.9 Å². The molecule has 2 rings (SSSR count). The number of carbonyl (C=O) groups is 1. The summed E-state index contributed by atoms with van der Waals surface area (Å²) in [6, 6.07) is 2.69. The lowest BCUT2D eigenvalue weighted by Crippen LogP contribution is -2.08. The van der Waals surface area contributed by atoms with Crippen molar-refractivity contribution in [2.75, 3.05) is 0 Å². The normalized spacial score (nSPS) is 10.5. The molecule has 0 aromatic carbocycles. The Morgan fingerprint density at radius 2 is 2.35 bits per heavy atom. The largest absolute Gasteiger partial charge is 0.292 e. The Hall–Kier alpha value is -2.04. The maximum absolute atomic E-state index is 13.3. The van der Waals surface area contributed by atoms with E-state index in [-0.39, 0.29) is 17.9 Å². The van der Waals surface area contributed by atoms with E-state index < -0.39 is 5.82 Å².